The van der Waals surface area contributed by atoms with Crippen molar-refractivity contribution in [2.75, 3.05) is 18.8 Å². The number of quaternary nitrogens is 1. The number of nitrogens with two attached hydrogens (primary N) is 1. The smallest absolute Gasteiger partial charge is 0.408 e. The van der Waals surface area contributed by atoms with Crippen LogP contribution in [0.3, 0.4) is 0 Å². The van der Waals surface area contributed by atoms with Crippen molar-refractivity contribution in [2.24, 2.45) is 5.73 Å². The Kier molecular flexibility index (Phi) is 6.89. The van der Waals surface area contributed by atoms with E-state index < -0.39 is 25.8 Å². The molecule has 182 valence electrons. The third kappa shape index (κ3) is 4.78. The van der Waals surface area contributed by atoms with E-state index in [-0.39, 0.29) is 24.5 Å². The number of rotatable bonds is 7. The first-order valence-electron chi connectivity index (χ1n) is 11.3. The maximum atomic E-state index is 13.2. The van der Waals surface area contributed by atoms with E-state index in [1.165, 1.54) is 37.1 Å². The first-order valence-corrected chi connectivity index (χ1v) is 12.9. The standard InChI is InChI=1S/C25H28F3N2O3S/c26-25(27,28)18-34(31,32)30(16-6-5-9-21(30)17-29)20-12-14-22(15-13-20)33-24-11-4-3-10-23(24)19-7-1-2-8-19/h3-6,9-15,19H,1-2,7-8,16-18,29H2/q+1. The van der Waals surface area contributed by atoms with Crippen LogP contribution in [0.4, 0.5) is 18.9 Å². The predicted molar refractivity (Wildman–Crippen MR) is 127 cm³/mol. The summed E-state index contributed by atoms with van der Waals surface area (Å²) in [6, 6.07) is 14.0. The van der Waals surface area contributed by atoms with Gasteiger partial charge < -0.3 is 10.5 Å². The molecule has 1 aliphatic carbocycles. The van der Waals surface area contributed by atoms with E-state index in [9.17, 15) is 21.6 Å². The highest BCUT2D eigenvalue weighted by Crippen LogP contribution is 2.41. The van der Waals surface area contributed by atoms with Gasteiger partial charge in [-0.2, -0.15) is 25.5 Å². The van der Waals surface area contributed by atoms with Crippen LogP contribution in [0.5, 0.6) is 11.5 Å². The first-order chi connectivity index (χ1) is 16.2. The molecule has 2 aromatic carbocycles. The Hall–Kier alpha value is -2.62. The number of halogens is 3. The molecule has 4 rings (SSSR count). The van der Waals surface area contributed by atoms with Gasteiger partial charge in [0.1, 0.15) is 23.7 Å². The quantitative estimate of drug-likeness (QED) is 0.499. The van der Waals surface area contributed by atoms with Crippen LogP contribution in [-0.4, -0.2) is 33.4 Å². The van der Waals surface area contributed by atoms with Gasteiger partial charge in [-0.25, -0.2) is 0 Å². The molecule has 9 heteroatoms. The van der Waals surface area contributed by atoms with Gasteiger partial charge >= 0.3 is 16.2 Å². The minimum absolute atomic E-state index is 0.173. The van der Waals surface area contributed by atoms with E-state index >= 15 is 0 Å². The molecule has 1 fully saturated rings. The second kappa shape index (κ2) is 9.56. The Morgan fingerprint density at radius 2 is 1.71 bits per heavy atom. The normalized spacial score (nSPS) is 21.5. The second-order valence-corrected chi connectivity index (χ2v) is 10.7. The number of hydrogen-bond acceptors (Lipinski definition) is 4. The lowest BCUT2D eigenvalue weighted by Gasteiger charge is -2.38. The van der Waals surface area contributed by atoms with Gasteiger partial charge in [-0.3, -0.25) is 0 Å². The Morgan fingerprint density at radius 1 is 1.03 bits per heavy atom. The summed E-state index contributed by atoms with van der Waals surface area (Å²) < 4.78 is 71.1. The summed E-state index contributed by atoms with van der Waals surface area (Å²) in [5.74, 6) is -0.294. The number of hydrogen-bond donors (Lipinski definition) is 1. The maximum absolute atomic E-state index is 13.2. The zero-order chi connectivity index (χ0) is 24.4. The summed E-state index contributed by atoms with van der Waals surface area (Å²) >= 11 is 0. The van der Waals surface area contributed by atoms with Crippen LogP contribution >= 0.6 is 0 Å². The highest BCUT2D eigenvalue weighted by molar-refractivity contribution is 7.91. The maximum Gasteiger partial charge on any atom is 0.408 e. The summed E-state index contributed by atoms with van der Waals surface area (Å²) in [6.07, 6.45) is 4.33. The lowest BCUT2D eigenvalue weighted by molar-refractivity contribution is -0.106. The molecule has 5 nitrogen and oxygen atoms in total. The van der Waals surface area contributed by atoms with Crippen molar-refractivity contribution in [3.8, 4) is 11.5 Å². The predicted octanol–water partition coefficient (Wildman–Crippen LogP) is 5.75. The van der Waals surface area contributed by atoms with Crippen LogP contribution < -0.4 is 14.4 Å². The van der Waals surface area contributed by atoms with Gasteiger partial charge in [-0.05, 0) is 54.7 Å². The van der Waals surface area contributed by atoms with Crippen molar-refractivity contribution in [1.29, 1.82) is 0 Å². The molecular formula is C25H28F3N2O3S+. The molecule has 34 heavy (non-hydrogen) atoms. The van der Waals surface area contributed by atoms with Crippen LogP contribution in [0.1, 0.15) is 37.2 Å². The number of ether oxygens (including phenoxy) is 1. The largest absolute Gasteiger partial charge is 0.457 e. The molecule has 1 heterocycles. The SMILES string of the molecule is NCC1=CC=CC[N+]1(c1ccc(Oc2ccccc2C2CCCC2)cc1)S(=O)(=O)CC(F)(F)F. The molecule has 2 aromatic rings. The molecule has 0 spiro atoms. The minimum atomic E-state index is -4.88. The summed E-state index contributed by atoms with van der Waals surface area (Å²) in [5.41, 5.74) is 7.29. The third-order valence-corrected chi connectivity index (χ3v) is 8.71. The highest BCUT2D eigenvalue weighted by atomic mass is 32.2. The highest BCUT2D eigenvalue weighted by Gasteiger charge is 2.52. The van der Waals surface area contributed by atoms with Gasteiger partial charge in [0.15, 0.2) is 11.4 Å². The van der Waals surface area contributed by atoms with Gasteiger partial charge in [-0.1, -0.05) is 37.1 Å². The lowest BCUT2D eigenvalue weighted by atomic mass is 9.97. The summed E-state index contributed by atoms with van der Waals surface area (Å²) in [6.45, 7) is -0.374. The molecule has 0 radical (unpaired) electrons. The van der Waals surface area contributed by atoms with Crippen molar-refractivity contribution in [2.45, 2.75) is 37.8 Å². The second-order valence-electron chi connectivity index (χ2n) is 8.67. The van der Waals surface area contributed by atoms with Crippen molar-refractivity contribution >= 4 is 15.7 Å². The van der Waals surface area contributed by atoms with E-state index in [0.29, 0.717) is 11.7 Å². The molecule has 0 saturated heterocycles. The van der Waals surface area contributed by atoms with Gasteiger partial charge in [0, 0.05) is 12.1 Å². The molecule has 0 amide bonds. The molecule has 1 atom stereocenters. The Labute approximate surface area is 198 Å². The van der Waals surface area contributed by atoms with Crippen molar-refractivity contribution in [1.82, 2.24) is 3.89 Å². The lowest BCUT2D eigenvalue weighted by Crippen LogP contribution is -2.58. The number of sulfonamides is 1. The Balaban J connectivity index is 1.69. The minimum Gasteiger partial charge on any atom is -0.457 e. The monoisotopic (exact) mass is 493 g/mol. The zero-order valence-corrected chi connectivity index (χ0v) is 19.5. The fourth-order valence-corrected chi connectivity index (χ4v) is 6.79. The summed E-state index contributed by atoms with van der Waals surface area (Å²) in [7, 11) is -4.73. The number of para-hydroxylation sites is 1. The molecule has 2 aliphatic rings. The van der Waals surface area contributed by atoms with Crippen LogP contribution in [0.2, 0.25) is 0 Å². The fourth-order valence-electron chi connectivity index (χ4n) is 4.91. The Morgan fingerprint density at radius 3 is 2.35 bits per heavy atom. The van der Waals surface area contributed by atoms with Crippen LogP contribution in [0.15, 0.2) is 72.5 Å². The first kappa shape index (κ1) is 24.5. The van der Waals surface area contributed by atoms with Crippen LogP contribution in [-0.2, 0) is 10.0 Å². The number of allylic oxidation sites excluding steroid dienone is 2. The van der Waals surface area contributed by atoms with Gasteiger partial charge in [-0.15, -0.1) is 0 Å². The topological polar surface area (TPSA) is 69.4 Å². The molecule has 1 aliphatic heterocycles. The van der Waals surface area contributed by atoms with Crippen molar-refractivity contribution in [3.05, 3.63) is 78.0 Å². The summed E-state index contributed by atoms with van der Waals surface area (Å²) in [4.78, 5) is 0. The van der Waals surface area contributed by atoms with Crippen LogP contribution in [0.25, 0.3) is 0 Å². The van der Waals surface area contributed by atoms with Crippen molar-refractivity contribution in [3.63, 3.8) is 0 Å². The molecule has 0 bridgehead atoms. The number of benzene rings is 2. The molecular weight excluding hydrogens is 465 g/mol. The Bertz CT molecular complexity index is 1180. The summed E-state index contributed by atoms with van der Waals surface area (Å²) in [5, 5.41) is 0. The third-order valence-electron chi connectivity index (χ3n) is 6.48. The van der Waals surface area contributed by atoms with E-state index in [1.807, 2.05) is 18.2 Å². The molecule has 0 aromatic heterocycles. The zero-order valence-electron chi connectivity index (χ0n) is 18.7. The van der Waals surface area contributed by atoms with Crippen LogP contribution in [0, 0.1) is 0 Å². The van der Waals surface area contributed by atoms with E-state index in [0.717, 1.165) is 24.2 Å². The fraction of sp³-hybridized carbons (Fsp3) is 0.360. The van der Waals surface area contributed by atoms with Crippen molar-refractivity contribution < 1.29 is 26.3 Å². The van der Waals surface area contributed by atoms with E-state index in [4.69, 9.17) is 10.5 Å². The van der Waals surface area contributed by atoms with Gasteiger partial charge in [0.05, 0.1) is 6.54 Å². The van der Waals surface area contributed by atoms with Gasteiger partial charge in [0.25, 0.3) is 0 Å². The van der Waals surface area contributed by atoms with Gasteiger partial charge in [0.2, 0.25) is 0 Å². The average molecular weight is 494 g/mol. The number of nitrogens with zero attached hydrogens (tertiary/aromatic N) is 1. The van der Waals surface area contributed by atoms with E-state index in [2.05, 4.69) is 6.07 Å². The number of alkyl halides is 3. The molecule has 1 unspecified atom stereocenters. The molecule has 2 N–H and O–H groups in total. The molecule has 1 saturated carbocycles. The van der Waals surface area contributed by atoms with E-state index in [1.54, 1.807) is 18.2 Å². The average Bonchev–Trinajstić information content (AvgIpc) is 3.33.